The highest BCUT2D eigenvalue weighted by molar-refractivity contribution is 7.89. The Bertz CT molecular complexity index is 819. The number of rotatable bonds is 6. The Kier molecular flexibility index (Phi) is 5.53. The van der Waals surface area contributed by atoms with Crippen LogP contribution in [0.1, 0.15) is 24.2 Å². The summed E-state index contributed by atoms with van der Waals surface area (Å²) in [5.74, 6) is 0. The van der Waals surface area contributed by atoms with Crippen LogP contribution in [0.4, 0.5) is 0 Å². The molecule has 0 spiro atoms. The summed E-state index contributed by atoms with van der Waals surface area (Å²) in [6.07, 6.45) is 3.34. The highest BCUT2D eigenvalue weighted by Crippen LogP contribution is 2.26. The minimum atomic E-state index is -3.57. The topological polar surface area (TPSA) is 73.7 Å². The fraction of sp³-hybridized carbons (Fsp3) is 0.471. The molecule has 2 aromatic rings. The average molecular weight is 365 g/mol. The zero-order chi connectivity index (χ0) is 17.9. The molecule has 0 amide bonds. The molecule has 3 rings (SSSR count). The molecule has 0 N–H and O–H groups in total. The molecule has 0 radical (unpaired) electrons. The molecule has 1 saturated heterocycles. The van der Waals surface area contributed by atoms with Crippen LogP contribution in [0, 0.1) is 0 Å². The quantitative estimate of drug-likeness (QED) is 0.781. The third kappa shape index (κ3) is 3.92. The highest BCUT2D eigenvalue weighted by atomic mass is 32.2. The number of aromatic nitrogens is 2. The molecular weight excluding hydrogens is 342 g/mol. The molecule has 1 atom stereocenters. The maximum absolute atomic E-state index is 13.0. The number of aryl methyl sites for hydroxylation is 1. The molecule has 7 nitrogen and oxygen atoms in total. The lowest BCUT2D eigenvalue weighted by atomic mass is 10.2. The van der Waals surface area contributed by atoms with Crippen LogP contribution in [-0.2, 0) is 32.6 Å². The van der Waals surface area contributed by atoms with E-state index in [0.29, 0.717) is 19.8 Å². The number of methoxy groups -OCH3 is 1. The van der Waals surface area contributed by atoms with Crippen molar-refractivity contribution in [1.29, 1.82) is 0 Å². The van der Waals surface area contributed by atoms with Crippen LogP contribution in [-0.4, -0.2) is 49.3 Å². The first-order valence-electron chi connectivity index (χ1n) is 8.26. The maximum Gasteiger partial charge on any atom is 0.243 e. The molecule has 2 heterocycles. The molecule has 1 fully saturated rings. The van der Waals surface area contributed by atoms with E-state index >= 15 is 0 Å². The summed E-state index contributed by atoms with van der Waals surface area (Å²) in [7, 11) is -1.98. The summed E-state index contributed by atoms with van der Waals surface area (Å²) in [4.78, 5) is 0.284. The van der Waals surface area contributed by atoms with Gasteiger partial charge in [0, 0.05) is 38.5 Å². The second-order valence-electron chi connectivity index (χ2n) is 5.93. The van der Waals surface area contributed by atoms with Gasteiger partial charge in [0.2, 0.25) is 10.0 Å². The van der Waals surface area contributed by atoms with Gasteiger partial charge in [0.15, 0.2) is 0 Å². The second kappa shape index (κ2) is 7.65. The Morgan fingerprint density at radius 1 is 1.40 bits per heavy atom. The monoisotopic (exact) mass is 365 g/mol. The first kappa shape index (κ1) is 18.1. The Balaban J connectivity index is 1.81. The lowest BCUT2D eigenvalue weighted by Crippen LogP contribution is -2.42. The SMILES string of the molecule is CCn1cc([C@@H]2CN(S(=O)(=O)c3cccc(COC)c3)CCO2)cn1. The van der Waals surface area contributed by atoms with E-state index in [9.17, 15) is 8.42 Å². The van der Waals surface area contributed by atoms with Crippen LogP contribution >= 0.6 is 0 Å². The van der Waals surface area contributed by atoms with Gasteiger partial charge in [0.1, 0.15) is 0 Å². The minimum Gasteiger partial charge on any atom is -0.380 e. The largest absolute Gasteiger partial charge is 0.380 e. The van der Waals surface area contributed by atoms with E-state index in [0.717, 1.165) is 17.7 Å². The van der Waals surface area contributed by atoms with Crippen LogP contribution in [0.25, 0.3) is 0 Å². The first-order valence-corrected chi connectivity index (χ1v) is 9.70. The molecule has 0 saturated carbocycles. The van der Waals surface area contributed by atoms with E-state index in [1.54, 1.807) is 36.2 Å². The smallest absolute Gasteiger partial charge is 0.243 e. The molecule has 136 valence electrons. The van der Waals surface area contributed by atoms with E-state index in [-0.39, 0.29) is 17.5 Å². The second-order valence-corrected chi connectivity index (χ2v) is 7.87. The third-order valence-electron chi connectivity index (χ3n) is 4.23. The van der Waals surface area contributed by atoms with Crippen molar-refractivity contribution in [2.24, 2.45) is 0 Å². The average Bonchev–Trinajstić information content (AvgIpc) is 3.12. The van der Waals surface area contributed by atoms with Gasteiger partial charge in [-0.1, -0.05) is 12.1 Å². The number of hydrogen-bond donors (Lipinski definition) is 0. The van der Waals surface area contributed by atoms with Crippen molar-refractivity contribution >= 4 is 10.0 Å². The van der Waals surface area contributed by atoms with Crippen molar-refractivity contribution < 1.29 is 17.9 Å². The van der Waals surface area contributed by atoms with Crippen molar-refractivity contribution in [3.05, 3.63) is 47.8 Å². The Hall–Kier alpha value is -1.74. The molecule has 1 aromatic carbocycles. The van der Waals surface area contributed by atoms with E-state index in [2.05, 4.69) is 5.10 Å². The number of ether oxygens (including phenoxy) is 2. The van der Waals surface area contributed by atoms with Gasteiger partial charge < -0.3 is 9.47 Å². The predicted molar refractivity (Wildman–Crippen MR) is 92.5 cm³/mol. The standard InChI is InChI=1S/C17H23N3O4S/c1-3-19-11-15(10-18-19)17-12-20(7-8-24-17)25(21,22)16-6-4-5-14(9-16)13-23-2/h4-6,9-11,17H,3,7-8,12-13H2,1-2H3/t17-/m0/s1. The zero-order valence-electron chi connectivity index (χ0n) is 14.5. The summed E-state index contributed by atoms with van der Waals surface area (Å²) < 4.78 is 40.1. The van der Waals surface area contributed by atoms with Gasteiger partial charge in [0.05, 0.1) is 30.4 Å². The van der Waals surface area contributed by atoms with Crippen molar-refractivity contribution in [2.45, 2.75) is 31.1 Å². The molecule has 8 heteroatoms. The van der Waals surface area contributed by atoms with Crippen LogP contribution in [0.2, 0.25) is 0 Å². The number of nitrogens with zero attached hydrogens (tertiary/aromatic N) is 3. The van der Waals surface area contributed by atoms with E-state index in [4.69, 9.17) is 9.47 Å². The van der Waals surface area contributed by atoms with Gasteiger partial charge in [-0.05, 0) is 24.6 Å². The lowest BCUT2D eigenvalue weighted by molar-refractivity contribution is -0.00260. The Morgan fingerprint density at radius 2 is 2.24 bits per heavy atom. The number of sulfonamides is 1. The minimum absolute atomic E-state index is 0.284. The van der Waals surface area contributed by atoms with Crippen molar-refractivity contribution in [1.82, 2.24) is 14.1 Å². The van der Waals surface area contributed by atoms with Crippen LogP contribution in [0.5, 0.6) is 0 Å². The highest BCUT2D eigenvalue weighted by Gasteiger charge is 2.32. The fourth-order valence-corrected chi connectivity index (χ4v) is 4.37. The first-order chi connectivity index (χ1) is 12.0. The Labute approximate surface area is 148 Å². The molecule has 0 bridgehead atoms. The number of morpholine rings is 1. The summed E-state index contributed by atoms with van der Waals surface area (Å²) in [5, 5.41) is 4.24. The summed E-state index contributed by atoms with van der Waals surface area (Å²) in [6, 6.07) is 6.88. The third-order valence-corrected chi connectivity index (χ3v) is 6.09. The van der Waals surface area contributed by atoms with Crippen LogP contribution < -0.4 is 0 Å². The molecule has 0 unspecified atom stereocenters. The number of benzene rings is 1. The summed E-state index contributed by atoms with van der Waals surface area (Å²) in [5.41, 5.74) is 1.73. The molecule has 0 aliphatic carbocycles. The van der Waals surface area contributed by atoms with E-state index in [1.165, 1.54) is 4.31 Å². The van der Waals surface area contributed by atoms with Gasteiger partial charge in [0.25, 0.3) is 0 Å². The van der Waals surface area contributed by atoms with Gasteiger partial charge in [-0.15, -0.1) is 0 Å². The lowest BCUT2D eigenvalue weighted by Gasteiger charge is -2.31. The zero-order valence-corrected chi connectivity index (χ0v) is 15.3. The van der Waals surface area contributed by atoms with Crippen molar-refractivity contribution in [2.75, 3.05) is 26.8 Å². The van der Waals surface area contributed by atoms with Gasteiger partial charge in [-0.25, -0.2) is 8.42 Å². The van der Waals surface area contributed by atoms with E-state index < -0.39 is 10.0 Å². The normalized spacial score (nSPS) is 19.2. The molecule has 25 heavy (non-hydrogen) atoms. The predicted octanol–water partition coefficient (Wildman–Crippen LogP) is 1.81. The molecule has 1 aliphatic heterocycles. The van der Waals surface area contributed by atoms with Crippen LogP contribution in [0.3, 0.4) is 0 Å². The van der Waals surface area contributed by atoms with E-state index in [1.807, 2.05) is 19.2 Å². The number of hydrogen-bond acceptors (Lipinski definition) is 5. The molecule has 1 aliphatic rings. The van der Waals surface area contributed by atoms with Gasteiger partial charge in [-0.2, -0.15) is 9.40 Å². The van der Waals surface area contributed by atoms with Crippen LogP contribution in [0.15, 0.2) is 41.6 Å². The van der Waals surface area contributed by atoms with Gasteiger partial charge >= 0.3 is 0 Å². The Morgan fingerprint density at radius 3 is 2.96 bits per heavy atom. The van der Waals surface area contributed by atoms with Crippen molar-refractivity contribution in [3.63, 3.8) is 0 Å². The maximum atomic E-state index is 13.0. The summed E-state index contributed by atoms with van der Waals surface area (Å²) >= 11 is 0. The fourth-order valence-electron chi connectivity index (χ4n) is 2.88. The molecular formula is C17H23N3O4S. The van der Waals surface area contributed by atoms with Gasteiger partial charge in [-0.3, -0.25) is 4.68 Å². The van der Waals surface area contributed by atoms with Crippen molar-refractivity contribution in [3.8, 4) is 0 Å². The molecule has 1 aromatic heterocycles. The summed E-state index contributed by atoms with van der Waals surface area (Å²) in [6.45, 7) is 4.13.